The van der Waals surface area contributed by atoms with Crippen LogP contribution in [0, 0.1) is 5.82 Å². The van der Waals surface area contributed by atoms with Crippen molar-refractivity contribution >= 4 is 21.7 Å². The second-order valence-electron chi connectivity index (χ2n) is 6.67. The number of hydrogen-bond acceptors (Lipinski definition) is 4. The van der Waals surface area contributed by atoms with E-state index < -0.39 is 34.1 Å². The minimum absolute atomic E-state index is 0.00211. The van der Waals surface area contributed by atoms with Crippen molar-refractivity contribution in [1.82, 2.24) is 10.2 Å². The predicted octanol–water partition coefficient (Wildman–Crippen LogP) is 0.982. The number of carbonyl (C=O) groups is 1. The summed E-state index contributed by atoms with van der Waals surface area (Å²) in [6, 6.07) is 3.61. The summed E-state index contributed by atoms with van der Waals surface area (Å²) < 4.78 is 53.1. The first-order valence-electron chi connectivity index (χ1n) is 8.35. The Morgan fingerprint density at radius 2 is 2.12 bits per heavy atom. The normalized spacial score (nSPS) is 24.9. The Hall–Kier alpha value is -1.94. The Morgan fingerprint density at radius 1 is 1.35 bits per heavy atom. The van der Waals surface area contributed by atoms with Gasteiger partial charge < -0.3 is 15.3 Å². The summed E-state index contributed by atoms with van der Waals surface area (Å²) in [6.07, 6.45) is 0.532. The molecule has 0 saturated carbocycles. The number of amides is 2. The molecule has 2 saturated heterocycles. The molecule has 2 N–H and O–H groups in total. The third-order valence-electron chi connectivity index (χ3n) is 4.70. The smallest absolute Gasteiger partial charge is 0.317 e. The van der Waals surface area contributed by atoms with E-state index in [1.807, 2.05) is 0 Å². The van der Waals surface area contributed by atoms with Crippen LogP contribution in [0.5, 0.6) is 0 Å². The Kier molecular flexibility index (Phi) is 5.07. The molecule has 0 spiro atoms. The van der Waals surface area contributed by atoms with E-state index in [0.29, 0.717) is 12.0 Å². The molecule has 2 aliphatic rings. The quantitative estimate of drug-likeness (QED) is 0.803. The van der Waals surface area contributed by atoms with E-state index in [-0.39, 0.29) is 44.0 Å². The molecule has 1 aromatic rings. The SMILES string of the molecule is O=C(NCc1ccc(N2CCCS2(=O)=O)c(F)c1)N1CCC(F)(CO)C1. The van der Waals surface area contributed by atoms with Gasteiger partial charge in [0.2, 0.25) is 10.0 Å². The van der Waals surface area contributed by atoms with Gasteiger partial charge in [-0.2, -0.15) is 0 Å². The average molecular weight is 389 g/mol. The van der Waals surface area contributed by atoms with Gasteiger partial charge in [-0.1, -0.05) is 6.07 Å². The Balaban J connectivity index is 1.61. The Labute approximate surface area is 150 Å². The maximum atomic E-state index is 14.3. The predicted molar refractivity (Wildman–Crippen MR) is 91.5 cm³/mol. The second-order valence-corrected chi connectivity index (χ2v) is 8.68. The molecule has 0 radical (unpaired) electrons. The molecule has 10 heteroatoms. The maximum Gasteiger partial charge on any atom is 0.317 e. The van der Waals surface area contributed by atoms with Crippen LogP contribution in [0.1, 0.15) is 18.4 Å². The third kappa shape index (κ3) is 3.75. The van der Waals surface area contributed by atoms with E-state index in [0.717, 1.165) is 4.31 Å². The zero-order chi connectivity index (χ0) is 18.9. The fraction of sp³-hybridized carbons (Fsp3) is 0.562. The first-order chi connectivity index (χ1) is 12.2. The minimum atomic E-state index is -3.46. The van der Waals surface area contributed by atoms with Gasteiger partial charge in [-0.3, -0.25) is 4.31 Å². The third-order valence-corrected chi connectivity index (χ3v) is 6.55. The molecule has 2 amide bonds. The van der Waals surface area contributed by atoms with Crippen LogP contribution in [-0.4, -0.2) is 62.1 Å². The highest BCUT2D eigenvalue weighted by Gasteiger charge is 2.39. The van der Waals surface area contributed by atoms with Gasteiger partial charge in [0, 0.05) is 26.1 Å². The Morgan fingerprint density at radius 3 is 2.69 bits per heavy atom. The molecule has 1 unspecified atom stereocenters. The summed E-state index contributed by atoms with van der Waals surface area (Å²) in [5.74, 6) is -0.671. The van der Waals surface area contributed by atoms with Gasteiger partial charge in [0.15, 0.2) is 5.67 Å². The molecule has 2 aliphatic heterocycles. The minimum Gasteiger partial charge on any atom is -0.393 e. The van der Waals surface area contributed by atoms with Crippen molar-refractivity contribution in [2.24, 2.45) is 0 Å². The standard InChI is InChI=1S/C16H21F2N3O4S/c17-13-8-12(2-3-14(13)21-5-1-7-26(21,24)25)9-19-15(23)20-6-4-16(18,10-20)11-22/h2-3,8,22H,1,4-7,9-11H2,(H,19,23). The first-order valence-corrected chi connectivity index (χ1v) is 9.96. The number of urea groups is 1. The molecule has 2 fully saturated rings. The van der Waals surface area contributed by atoms with Crippen LogP contribution >= 0.6 is 0 Å². The molecule has 144 valence electrons. The van der Waals surface area contributed by atoms with Crippen molar-refractivity contribution in [1.29, 1.82) is 0 Å². The van der Waals surface area contributed by atoms with Crippen molar-refractivity contribution in [2.45, 2.75) is 25.1 Å². The summed E-state index contributed by atoms with van der Waals surface area (Å²) in [4.78, 5) is 13.3. The van der Waals surface area contributed by atoms with Gasteiger partial charge in [-0.05, 0) is 24.1 Å². The largest absolute Gasteiger partial charge is 0.393 e. The van der Waals surface area contributed by atoms with Gasteiger partial charge >= 0.3 is 6.03 Å². The highest BCUT2D eigenvalue weighted by Crippen LogP contribution is 2.28. The summed E-state index contributed by atoms with van der Waals surface area (Å²) in [5.41, 5.74) is -1.31. The fourth-order valence-corrected chi connectivity index (χ4v) is 4.77. The van der Waals surface area contributed by atoms with E-state index >= 15 is 0 Å². The number of sulfonamides is 1. The molecule has 7 nitrogen and oxygen atoms in total. The van der Waals surface area contributed by atoms with Crippen LogP contribution in [0.3, 0.4) is 0 Å². The molecule has 1 atom stereocenters. The van der Waals surface area contributed by atoms with E-state index in [4.69, 9.17) is 5.11 Å². The van der Waals surface area contributed by atoms with Crippen molar-refractivity contribution in [3.8, 4) is 0 Å². The lowest BCUT2D eigenvalue weighted by molar-refractivity contribution is 0.0805. The van der Waals surface area contributed by atoms with Crippen molar-refractivity contribution < 1.29 is 27.1 Å². The van der Waals surface area contributed by atoms with Crippen molar-refractivity contribution in [3.05, 3.63) is 29.6 Å². The number of aliphatic hydroxyl groups is 1. The monoisotopic (exact) mass is 389 g/mol. The summed E-state index contributed by atoms with van der Waals surface area (Å²) in [5, 5.41) is 11.6. The number of carbonyl (C=O) groups excluding carboxylic acids is 1. The molecule has 0 bridgehead atoms. The van der Waals surface area contributed by atoms with Crippen LogP contribution in [-0.2, 0) is 16.6 Å². The van der Waals surface area contributed by atoms with E-state index in [2.05, 4.69) is 5.32 Å². The number of alkyl halides is 1. The lowest BCUT2D eigenvalue weighted by Crippen LogP contribution is -2.41. The molecular formula is C16H21F2N3O4S. The lowest BCUT2D eigenvalue weighted by atomic mass is 10.1. The number of nitrogens with zero attached hydrogens (tertiary/aromatic N) is 2. The number of nitrogens with one attached hydrogen (secondary N) is 1. The van der Waals surface area contributed by atoms with Crippen LogP contribution in [0.4, 0.5) is 19.3 Å². The zero-order valence-corrected chi connectivity index (χ0v) is 14.9. The topological polar surface area (TPSA) is 90.0 Å². The molecule has 0 aliphatic carbocycles. The van der Waals surface area contributed by atoms with Gasteiger partial charge in [-0.25, -0.2) is 22.0 Å². The van der Waals surface area contributed by atoms with Crippen molar-refractivity contribution in [2.75, 3.05) is 36.3 Å². The number of hydrogen-bond donors (Lipinski definition) is 2. The molecule has 3 rings (SSSR count). The Bertz CT molecular complexity index is 805. The number of benzene rings is 1. The zero-order valence-electron chi connectivity index (χ0n) is 14.1. The van der Waals surface area contributed by atoms with Gasteiger partial charge in [0.1, 0.15) is 5.82 Å². The van der Waals surface area contributed by atoms with Crippen molar-refractivity contribution in [3.63, 3.8) is 0 Å². The highest BCUT2D eigenvalue weighted by atomic mass is 32.2. The summed E-state index contributed by atoms with van der Waals surface area (Å²) in [6.45, 7) is -0.348. The molecule has 2 heterocycles. The average Bonchev–Trinajstić information content (AvgIpc) is 3.16. The second kappa shape index (κ2) is 6.99. The molecule has 0 aromatic heterocycles. The van der Waals surface area contributed by atoms with Gasteiger partial charge in [0.25, 0.3) is 0 Å². The van der Waals surface area contributed by atoms with Crippen LogP contribution < -0.4 is 9.62 Å². The molecule has 1 aromatic carbocycles. The number of halogens is 2. The lowest BCUT2D eigenvalue weighted by Gasteiger charge is -2.20. The highest BCUT2D eigenvalue weighted by molar-refractivity contribution is 7.93. The van der Waals surface area contributed by atoms with E-state index in [9.17, 15) is 22.0 Å². The number of aliphatic hydroxyl groups excluding tert-OH is 1. The molecule has 26 heavy (non-hydrogen) atoms. The fourth-order valence-electron chi connectivity index (χ4n) is 3.20. The van der Waals surface area contributed by atoms with Crippen LogP contribution in [0.2, 0.25) is 0 Å². The van der Waals surface area contributed by atoms with Crippen LogP contribution in [0.15, 0.2) is 18.2 Å². The summed E-state index contributed by atoms with van der Waals surface area (Å²) in [7, 11) is -3.46. The summed E-state index contributed by atoms with van der Waals surface area (Å²) >= 11 is 0. The molecular weight excluding hydrogens is 368 g/mol. The van der Waals surface area contributed by atoms with E-state index in [1.54, 1.807) is 6.07 Å². The number of anilines is 1. The number of likely N-dealkylation sites (tertiary alicyclic amines) is 1. The first kappa shape index (κ1) is 18.8. The van der Waals surface area contributed by atoms with Crippen LogP contribution in [0.25, 0.3) is 0 Å². The number of rotatable bonds is 4. The maximum absolute atomic E-state index is 14.3. The van der Waals surface area contributed by atoms with E-state index in [1.165, 1.54) is 17.0 Å². The van der Waals surface area contributed by atoms with Gasteiger partial charge in [0.05, 0.1) is 24.6 Å². The van der Waals surface area contributed by atoms with Gasteiger partial charge in [-0.15, -0.1) is 0 Å².